The van der Waals surface area contributed by atoms with Crippen molar-refractivity contribution < 1.29 is 22.7 Å². The van der Waals surface area contributed by atoms with Gasteiger partial charge in [-0.2, -0.15) is 0 Å². The van der Waals surface area contributed by atoms with Crippen LogP contribution in [0.2, 0.25) is 0 Å². The summed E-state index contributed by atoms with van der Waals surface area (Å²) < 4.78 is 44.3. The van der Waals surface area contributed by atoms with Crippen molar-refractivity contribution >= 4 is 12.0 Å². The molecule has 0 amide bonds. The molecule has 108 valence electrons. The van der Waals surface area contributed by atoms with Crippen LogP contribution in [0, 0.1) is 17.5 Å². The Labute approximate surface area is 119 Å². The van der Waals surface area contributed by atoms with E-state index in [-0.39, 0.29) is 6.61 Å². The van der Waals surface area contributed by atoms with Crippen molar-refractivity contribution in [1.29, 1.82) is 0 Å². The molecule has 21 heavy (non-hydrogen) atoms. The monoisotopic (exact) mass is 292 g/mol. The zero-order valence-electron chi connectivity index (χ0n) is 10.9. The molecular formula is C16H11F3O2. The number of ether oxygens (including phenoxy) is 1. The molecule has 0 N–H and O–H groups in total. The zero-order valence-corrected chi connectivity index (χ0v) is 10.9. The Morgan fingerprint density at radius 2 is 1.67 bits per heavy atom. The van der Waals surface area contributed by atoms with Gasteiger partial charge in [-0.05, 0) is 11.6 Å². The molecule has 2 rings (SSSR count). The summed E-state index contributed by atoms with van der Waals surface area (Å²) in [5, 5.41) is 0. The van der Waals surface area contributed by atoms with Gasteiger partial charge in [0.05, 0.1) is 0 Å². The summed E-state index contributed by atoms with van der Waals surface area (Å²) in [5.74, 6) is -3.94. The van der Waals surface area contributed by atoms with Gasteiger partial charge in [-0.3, -0.25) is 0 Å². The minimum absolute atomic E-state index is 0.0540. The second kappa shape index (κ2) is 6.74. The molecule has 2 aromatic rings. The van der Waals surface area contributed by atoms with Crippen LogP contribution in [0.4, 0.5) is 13.2 Å². The third-order valence-electron chi connectivity index (χ3n) is 2.65. The predicted molar refractivity (Wildman–Crippen MR) is 71.6 cm³/mol. The molecule has 0 saturated heterocycles. The van der Waals surface area contributed by atoms with Gasteiger partial charge in [-0.1, -0.05) is 30.3 Å². The summed E-state index contributed by atoms with van der Waals surface area (Å²) in [6.07, 6.45) is 1.81. The van der Waals surface area contributed by atoms with Gasteiger partial charge in [0.2, 0.25) is 0 Å². The Hall–Kier alpha value is -2.56. The van der Waals surface area contributed by atoms with Crippen LogP contribution in [0.15, 0.2) is 48.5 Å². The Balaban J connectivity index is 2.00. The van der Waals surface area contributed by atoms with E-state index in [9.17, 15) is 18.0 Å². The summed E-state index contributed by atoms with van der Waals surface area (Å²) in [6.45, 7) is 0.0540. The maximum absolute atomic E-state index is 13.3. The van der Waals surface area contributed by atoms with E-state index in [2.05, 4.69) is 0 Å². The molecule has 0 aliphatic heterocycles. The zero-order chi connectivity index (χ0) is 15.2. The number of carbonyl (C=O) groups is 1. The van der Waals surface area contributed by atoms with Crippen LogP contribution in [0.3, 0.4) is 0 Å². The van der Waals surface area contributed by atoms with Gasteiger partial charge in [-0.15, -0.1) is 0 Å². The van der Waals surface area contributed by atoms with Gasteiger partial charge in [0, 0.05) is 23.8 Å². The van der Waals surface area contributed by atoms with Gasteiger partial charge in [0.1, 0.15) is 24.1 Å². The highest BCUT2D eigenvalue weighted by molar-refractivity contribution is 5.87. The maximum atomic E-state index is 13.3. The van der Waals surface area contributed by atoms with E-state index in [1.165, 1.54) is 0 Å². The topological polar surface area (TPSA) is 26.3 Å². The predicted octanol–water partition coefficient (Wildman–Crippen LogP) is 3.86. The van der Waals surface area contributed by atoms with Crippen molar-refractivity contribution in [1.82, 2.24) is 0 Å². The molecule has 5 heteroatoms. The summed E-state index contributed by atoms with van der Waals surface area (Å²) >= 11 is 0. The molecule has 0 atom stereocenters. The van der Waals surface area contributed by atoms with Crippen molar-refractivity contribution in [3.63, 3.8) is 0 Å². The van der Waals surface area contributed by atoms with Gasteiger partial charge in [0.15, 0.2) is 0 Å². The molecule has 2 nitrogen and oxygen atoms in total. The quantitative estimate of drug-likeness (QED) is 0.632. The lowest BCUT2D eigenvalue weighted by Crippen LogP contribution is -2.01. The Kier molecular flexibility index (Phi) is 4.77. The summed E-state index contributed by atoms with van der Waals surface area (Å²) in [6, 6.07) is 10.0. The van der Waals surface area contributed by atoms with Crippen molar-refractivity contribution in [2.75, 3.05) is 0 Å². The third kappa shape index (κ3) is 4.21. The minimum Gasteiger partial charge on any atom is -0.458 e. The minimum atomic E-state index is -1.08. The number of benzene rings is 2. The van der Waals surface area contributed by atoms with Crippen LogP contribution in [0.25, 0.3) is 6.08 Å². The molecule has 0 aliphatic carbocycles. The lowest BCUT2D eigenvalue weighted by molar-refractivity contribution is -0.138. The van der Waals surface area contributed by atoms with Crippen LogP contribution in [0.1, 0.15) is 11.1 Å². The second-order valence-corrected chi connectivity index (χ2v) is 4.21. The molecule has 0 fully saturated rings. The first-order valence-corrected chi connectivity index (χ1v) is 6.09. The molecule has 0 aromatic heterocycles. The second-order valence-electron chi connectivity index (χ2n) is 4.21. The highest BCUT2D eigenvalue weighted by Gasteiger charge is 2.09. The summed E-state index contributed by atoms with van der Waals surface area (Å²) in [4.78, 5) is 11.5. The number of halogens is 3. The van der Waals surface area contributed by atoms with Gasteiger partial charge < -0.3 is 4.74 Å². The first-order valence-electron chi connectivity index (χ1n) is 6.09. The fraction of sp³-hybridized carbons (Fsp3) is 0.0625. The van der Waals surface area contributed by atoms with Gasteiger partial charge >= 0.3 is 5.97 Å². The van der Waals surface area contributed by atoms with Crippen LogP contribution in [0.5, 0.6) is 0 Å². The van der Waals surface area contributed by atoms with Gasteiger partial charge in [-0.25, -0.2) is 18.0 Å². The highest BCUT2D eigenvalue weighted by atomic mass is 19.1. The largest absolute Gasteiger partial charge is 0.458 e. The average molecular weight is 292 g/mol. The first-order chi connectivity index (χ1) is 10.1. The Bertz CT molecular complexity index is 643. The Morgan fingerprint density at radius 1 is 1.05 bits per heavy atom. The van der Waals surface area contributed by atoms with E-state index < -0.39 is 29.0 Å². The van der Waals surface area contributed by atoms with Gasteiger partial charge in [0.25, 0.3) is 0 Å². The smallest absolute Gasteiger partial charge is 0.331 e. The maximum Gasteiger partial charge on any atom is 0.331 e. The molecule has 0 saturated carbocycles. The molecular weight excluding hydrogens is 281 g/mol. The molecule has 0 unspecified atom stereocenters. The summed E-state index contributed by atoms with van der Waals surface area (Å²) in [5.41, 5.74) is 0.298. The standard InChI is InChI=1S/C16H11F3O2/c17-12-8-14(18)13(15(19)9-12)6-7-16(20)21-10-11-4-2-1-3-5-11/h1-9H,10H2. The molecule has 0 bridgehead atoms. The number of rotatable bonds is 4. The number of esters is 1. The van der Waals surface area contributed by atoms with E-state index in [4.69, 9.17) is 4.74 Å². The first kappa shape index (κ1) is 14.8. The van der Waals surface area contributed by atoms with Crippen molar-refractivity contribution in [2.45, 2.75) is 6.61 Å². The summed E-state index contributed by atoms with van der Waals surface area (Å²) in [7, 11) is 0. The number of hydrogen-bond acceptors (Lipinski definition) is 2. The number of hydrogen-bond donors (Lipinski definition) is 0. The molecule has 0 heterocycles. The lowest BCUT2D eigenvalue weighted by Gasteiger charge is -2.02. The van der Waals surface area contributed by atoms with Crippen LogP contribution < -0.4 is 0 Å². The van der Waals surface area contributed by atoms with Crippen molar-refractivity contribution in [3.8, 4) is 0 Å². The van der Waals surface area contributed by atoms with E-state index >= 15 is 0 Å². The number of carbonyl (C=O) groups excluding carboxylic acids is 1. The molecule has 0 spiro atoms. The van der Waals surface area contributed by atoms with E-state index in [0.717, 1.165) is 17.7 Å². The van der Waals surface area contributed by atoms with Crippen LogP contribution in [-0.4, -0.2) is 5.97 Å². The third-order valence-corrected chi connectivity index (χ3v) is 2.65. The fourth-order valence-electron chi connectivity index (χ4n) is 1.64. The van der Waals surface area contributed by atoms with Crippen molar-refractivity contribution in [2.24, 2.45) is 0 Å². The normalized spacial score (nSPS) is 10.8. The van der Waals surface area contributed by atoms with Crippen molar-refractivity contribution in [3.05, 3.63) is 77.1 Å². The lowest BCUT2D eigenvalue weighted by atomic mass is 10.2. The SMILES string of the molecule is O=C(C=Cc1c(F)cc(F)cc1F)OCc1ccccc1. The van der Waals surface area contributed by atoms with Crippen LogP contribution in [-0.2, 0) is 16.1 Å². The molecule has 2 aromatic carbocycles. The van der Waals surface area contributed by atoms with E-state index in [1.807, 2.05) is 6.07 Å². The molecule has 0 aliphatic rings. The van der Waals surface area contributed by atoms with E-state index in [0.29, 0.717) is 12.1 Å². The van der Waals surface area contributed by atoms with E-state index in [1.54, 1.807) is 24.3 Å². The highest BCUT2D eigenvalue weighted by Crippen LogP contribution is 2.16. The van der Waals surface area contributed by atoms with Crippen LogP contribution >= 0.6 is 0 Å². The Morgan fingerprint density at radius 3 is 2.29 bits per heavy atom. The average Bonchev–Trinajstić information content (AvgIpc) is 2.45. The fourth-order valence-corrected chi connectivity index (χ4v) is 1.64. The molecule has 0 radical (unpaired) electrons.